The predicted octanol–water partition coefficient (Wildman–Crippen LogP) is -2.90. The Bertz CT molecular complexity index is 336. The molecule has 0 saturated heterocycles. The van der Waals surface area contributed by atoms with Crippen molar-refractivity contribution in [2.24, 2.45) is 0 Å². The van der Waals surface area contributed by atoms with E-state index in [0.717, 1.165) is 0 Å². The molecule has 0 aliphatic rings. The molecule has 18 heteroatoms. The van der Waals surface area contributed by atoms with Crippen molar-refractivity contribution in [2.45, 2.75) is 0 Å². The summed E-state index contributed by atoms with van der Waals surface area (Å²) in [6.45, 7) is 0. The van der Waals surface area contributed by atoms with E-state index in [1.807, 2.05) is 0 Å². The summed E-state index contributed by atoms with van der Waals surface area (Å²) in [6.07, 6.45) is -1.56. The van der Waals surface area contributed by atoms with E-state index >= 15 is 0 Å². The Labute approximate surface area is 158 Å². The minimum absolute atomic E-state index is 0. The fourth-order valence-corrected chi connectivity index (χ4v) is 2.43. The Morgan fingerprint density at radius 1 is 0.850 bits per heavy atom. The van der Waals surface area contributed by atoms with E-state index in [-0.39, 0.29) is 71.0 Å². The van der Waals surface area contributed by atoms with Crippen molar-refractivity contribution in [1.82, 2.24) is 0 Å². The summed E-state index contributed by atoms with van der Waals surface area (Å²) in [5.41, 5.74) is 0. The second kappa shape index (κ2) is 16.0. The third kappa shape index (κ3) is 50.0. The van der Waals surface area contributed by atoms with Gasteiger partial charge >= 0.3 is 60.8 Å². The maximum atomic E-state index is 10.4. The summed E-state index contributed by atoms with van der Waals surface area (Å²) < 4.78 is 32.5. The summed E-state index contributed by atoms with van der Waals surface area (Å²) in [4.78, 5) is 46.4. The van der Waals surface area contributed by atoms with Crippen LogP contribution in [0, 0.1) is 0 Å². The van der Waals surface area contributed by atoms with Crippen LogP contribution >= 0.6 is 23.0 Å². The van der Waals surface area contributed by atoms with Gasteiger partial charge in [-0.2, -0.15) is 4.67 Å². The van der Waals surface area contributed by atoms with Crippen LogP contribution in [0.3, 0.4) is 0 Å². The van der Waals surface area contributed by atoms with Crippen LogP contribution in [0.2, 0.25) is 0 Å². The summed E-state index contributed by atoms with van der Waals surface area (Å²) in [6, 6.07) is 0. The fourth-order valence-electron chi connectivity index (χ4n) is 0.297. The Balaban J connectivity index is -0.0000000267. The zero-order valence-electron chi connectivity index (χ0n) is 11.9. The molecule has 11 N–H and O–H groups in total. The van der Waals surface area contributed by atoms with Crippen LogP contribution in [0.1, 0.15) is 2.85 Å². The first-order valence-electron chi connectivity index (χ1n) is 3.25. The molecule has 20 heavy (non-hydrogen) atoms. The van der Waals surface area contributed by atoms with Crippen molar-refractivity contribution in [3.63, 3.8) is 0 Å². The van der Waals surface area contributed by atoms with E-state index < -0.39 is 35.3 Å². The first-order valence-corrected chi connectivity index (χ1v) is 8.37. The molecule has 0 aromatic carbocycles. The van der Waals surface area contributed by atoms with Gasteiger partial charge in [0.2, 0.25) is 0 Å². The minimum Gasteiger partial charge on any atom is -1.00 e. The molecule has 0 aromatic heterocycles. The van der Waals surface area contributed by atoms with Gasteiger partial charge in [0.15, 0.2) is 0 Å². The van der Waals surface area contributed by atoms with Crippen molar-refractivity contribution in [1.29, 1.82) is 0 Å². The molecule has 1 unspecified atom stereocenters. The van der Waals surface area contributed by atoms with Gasteiger partial charge in [-0.1, -0.05) is 0 Å². The van der Waals surface area contributed by atoms with Crippen LogP contribution in [0.4, 0.5) is 0 Å². The maximum absolute atomic E-state index is 10.4. The number of hydrogen-bond donors (Lipinski definition) is 7. The molecule has 122 valence electrons. The van der Waals surface area contributed by atoms with Gasteiger partial charge in [-0.3, -0.25) is 9.13 Å². The van der Waals surface area contributed by atoms with Crippen molar-refractivity contribution < 1.29 is 86.3 Å². The molecule has 0 aliphatic heterocycles. The monoisotopic (exact) mass is 446 g/mol. The average Bonchev–Trinajstić information content (AvgIpc) is 1.97. The minimum atomic E-state index is -4.64. The molecule has 0 aromatic rings. The van der Waals surface area contributed by atoms with Crippen LogP contribution in [-0.4, -0.2) is 95.6 Å². The summed E-state index contributed by atoms with van der Waals surface area (Å²) >= 11 is 0. The Morgan fingerprint density at radius 2 is 1.10 bits per heavy atom. The maximum Gasteiger partial charge on any atom is 2.00 e. The van der Waals surface area contributed by atoms with Crippen molar-refractivity contribution in [2.75, 3.05) is 12.3 Å². The SMILES string of the molecule is O.O.O=P(O)(O)CCP(=O)(O)OO.O=P(O)(O)O.[Ca+2].[H-].[H-].[Zn]. The molecule has 0 heterocycles. The van der Waals surface area contributed by atoms with Crippen LogP contribution in [-0.2, 0) is 37.8 Å². The van der Waals surface area contributed by atoms with Gasteiger partial charge in [-0.25, -0.2) is 9.82 Å². The molecule has 0 fully saturated rings. The summed E-state index contributed by atoms with van der Waals surface area (Å²) in [5.74, 6) is 0. The molecule has 0 aliphatic carbocycles. The quantitative estimate of drug-likeness (QED) is 0.0993. The first-order chi connectivity index (χ1) is 6.77. The zero-order valence-corrected chi connectivity index (χ0v) is 17.8. The van der Waals surface area contributed by atoms with Crippen molar-refractivity contribution >= 4 is 60.8 Å². The largest absolute Gasteiger partial charge is 2.00 e. The van der Waals surface area contributed by atoms with E-state index in [4.69, 9.17) is 39.2 Å². The Kier molecular flexibility index (Phi) is 30.5. The van der Waals surface area contributed by atoms with E-state index in [1.165, 1.54) is 0 Å². The molecule has 0 radical (unpaired) electrons. The van der Waals surface area contributed by atoms with Gasteiger partial charge < -0.3 is 43.2 Å². The first kappa shape index (κ1) is 38.0. The van der Waals surface area contributed by atoms with E-state index in [2.05, 4.69) is 4.67 Å². The van der Waals surface area contributed by atoms with Crippen molar-refractivity contribution in [3.05, 3.63) is 0 Å². The number of hydrogen-bond acceptors (Lipinski definition) is 5. The van der Waals surface area contributed by atoms with Crippen LogP contribution in [0.15, 0.2) is 0 Å². The van der Waals surface area contributed by atoms with E-state index in [0.29, 0.717) is 0 Å². The topological polar surface area (TPSA) is 265 Å². The number of phosphoric acid groups is 1. The molecule has 0 spiro atoms. The van der Waals surface area contributed by atoms with Gasteiger partial charge in [0, 0.05) is 19.5 Å². The standard InChI is InChI=1S/C2H8O7P2.Ca.H3O4P.2H2O.Zn.2H/c3-9-11(7,8)2-1-10(4,5)6;;1-5(2,3)4;;;;;/h3H,1-2H2,(H,7,8)(H2,4,5,6);;(H3,1,2,3,4);2*1H2;;;/q;+2;;;;;2*-1. The third-order valence-corrected chi connectivity index (χ3v) is 3.00. The fraction of sp³-hybridized carbons (Fsp3) is 1.00. The van der Waals surface area contributed by atoms with Gasteiger partial charge in [-0.05, 0) is 0 Å². The number of rotatable bonds is 4. The van der Waals surface area contributed by atoms with Crippen molar-refractivity contribution in [3.8, 4) is 0 Å². The molecule has 0 bridgehead atoms. The predicted molar refractivity (Wildman–Crippen MR) is 64.8 cm³/mol. The van der Waals surface area contributed by atoms with Crippen LogP contribution in [0.25, 0.3) is 0 Å². The van der Waals surface area contributed by atoms with Gasteiger partial charge in [0.05, 0.1) is 12.3 Å². The van der Waals surface area contributed by atoms with Gasteiger partial charge in [0.25, 0.3) is 0 Å². The molecular formula is C2H17CaO13P3Zn. The molecule has 1 atom stereocenters. The normalized spacial score (nSPS) is 12.8. The molecule has 0 saturated carbocycles. The smallest absolute Gasteiger partial charge is 1.00 e. The van der Waals surface area contributed by atoms with E-state index in [1.54, 1.807) is 0 Å². The van der Waals surface area contributed by atoms with Crippen LogP contribution < -0.4 is 0 Å². The van der Waals surface area contributed by atoms with Crippen LogP contribution in [0.5, 0.6) is 0 Å². The Morgan fingerprint density at radius 3 is 1.25 bits per heavy atom. The van der Waals surface area contributed by atoms with Gasteiger partial charge in [0.1, 0.15) is 0 Å². The average molecular weight is 448 g/mol. The molecule has 13 nitrogen and oxygen atoms in total. The molecule has 0 amide bonds. The van der Waals surface area contributed by atoms with Gasteiger partial charge in [-0.15, -0.1) is 0 Å². The van der Waals surface area contributed by atoms with E-state index in [9.17, 15) is 9.13 Å². The Hall–Kier alpha value is 2.17. The molecular weight excluding hydrogens is 430 g/mol. The summed E-state index contributed by atoms with van der Waals surface area (Å²) in [7, 11) is -13.1. The second-order valence-electron chi connectivity index (χ2n) is 2.34. The second-order valence-corrected chi connectivity index (χ2v) is 7.03. The summed E-state index contributed by atoms with van der Waals surface area (Å²) in [5, 5.41) is 7.72. The zero-order chi connectivity index (χ0) is 13.6. The third-order valence-electron chi connectivity index (χ3n) is 0.801. The molecule has 0 rings (SSSR count).